The molecule has 0 spiro atoms. The van der Waals surface area contributed by atoms with Crippen LogP contribution in [0.1, 0.15) is 38.7 Å². The van der Waals surface area contributed by atoms with E-state index < -0.39 is 11.7 Å². The number of rotatable bonds is 6. The maximum absolute atomic E-state index is 12.6. The van der Waals surface area contributed by atoms with Crippen LogP contribution in [0.4, 0.5) is 18.9 Å². The van der Waals surface area contributed by atoms with Gasteiger partial charge in [-0.15, -0.1) is 0 Å². The molecule has 0 saturated carbocycles. The monoisotopic (exact) mass is 302 g/mol. The maximum atomic E-state index is 12.6. The van der Waals surface area contributed by atoms with Crippen LogP contribution in [0.25, 0.3) is 0 Å². The third kappa shape index (κ3) is 6.16. The fourth-order valence-corrected chi connectivity index (χ4v) is 1.92. The third-order valence-corrected chi connectivity index (χ3v) is 3.20. The molecule has 0 heterocycles. The first-order valence-corrected chi connectivity index (χ1v) is 6.94. The molecule has 21 heavy (non-hydrogen) atoms. The van der Waals surface area contributed by atoms with E-state index in [1.54, 1.807) is 6.92 Å². The van der Waals surface area contributed by atoms with Gasteiger partial charge in [0.1, 0.15) is 0 Å². The molecule has 0 saturated heterocycles. The topological polar surface area (TPSA) is 55.1 Å². The van der Waals surface area contributed by atoms with E-state index >= 15 is 0 Å². The Morgan fingerprint density at radius 3 is 2.52 bits per heavy atom. The molecule has 3 nitrogen and oxygen atoms in total. The molecule has 1 aromatic carbocycles. The Hall–Kier alpha value is -1.56. The number of hydrogen-bond acceptors (Lipinski definition) is 2. The second kappa shape index (κ2) is 7.45. The minimum absolute atomic E-state index is 0.0868. The van der Waals surface area contributed by atoms with Gasteiger partial charge in [0, 0.05) is 17.6 Å². The van der Waals surface area contributed by atoms with Crippen molar-refractivity contribution in [2.45, 2.75) is 45.3 Å². The molecule has 0 bridgehead atoms. The highest BCUT2D eigenvalue weighted by Crippen LogP contribution is 2.30. The van der Waals surface area contributed by atoms with Gasteiger partial charge in [-0.2, -0.15) is 13.2 Å². The van der Waals surface area contributed by atoms with Crippen molar-refractivity contribution in [3.8, 4) is 0 Å². The molecule has 118 valence electrons. The maximum Gasteiger partial charge on any atom is 0.416 e. The minimum atomic E-state index is -4.41. The van der Waals surface area contributed by atoms with Gasteiger partial charge in [0.2, 0.25) is 5.91 Å². The van der Waals surface area contributed by atoms with Crippen molar-refractivity contribution in [1.29, 1.82) is 0 Å². The standard InChI is InChI=1S/C15H21F3N2O/c1-10(5-3-6-11(2)19)14(21)20-13-8-4-7-12(9-13)15(16,17)18/h4,7-11H,3,5-6,19H2,1-2H3,(H,20,21). The number of nitrogens with one attached hydrogen (secondary N) is 1. The summed E-state index contributed by atoms with van der Waals surface area (Å²) in [6.07, 6.45) is -2.12. The van der Waals surface area contributed by atoms with E-state index in [0.717, 1.165) is 25.0 Å². The van der Waals surface area contributed by atoms with Crippen molar-refractivity contribution < 1.29 is 18.0 Å². The Morgan fingerprint density at radius 2 is 1.95 bits per heavy atom. The van der Waals surface area contributed by atoms with Crippen molar-refractivity contribution >= 4 is 11.6 Å². The van der Waals surface area contributed by atoms with Gasteiger partial charge < -0.3 is 11.1 Å². The number of alkyl halides is 3. The first-order chi connectivity index (χ1) is 9.70. The zero-order valence-electron chi connectivity index (χ0n) is 12.2. The van der Waals surface area contributed by atoms with Crippen LogP contribution in [0, 0.1) is 5.92 Å². The van der Waals surface area contributed by atoms with E-state index in [4.69, 9.17) is 5.73 Å². The predicted molar refractivity (Wildman–Crippen MR) is 76.7 cm³/mol. The number of carbonyl (C=O) groups is 1. The smallest absolute Gasteiger partial charge is 0.328 e. The summed E-state index contributed by atoms with van der Waals surface area (Å²) in [5, 5.41) is 2.52. The van der Waals surface area contributed by atoms with Crippen molar-refractivity contribution in [2.75, 3.05) is 5.32 Å². The van der Waals surface area contributed by atoms with Gasteiger partial charge in [0.25, 0.3) is 0 Å². The summed E-state index contributed by atoms with van der Waals surface area (Å²) in [6.45, 7) is 3.65. The zero-order valence-corrected chi connectivity index (χ0v) is 12.2. The molecule has 0 radical (unpaired) electrons. The van der Waals surface area contributed by atoms with Crippen LogP contribution in [0.5, 0.6) is 0 Å². The fourth-order valence-electron chi connectivity index (χ4n) is 1.92. The molecular formula is C15H21F3N2O. The summed E-state index contributed by atoms with van der Waals surface area (Å²) in [5.41, 5.74) is 5.02. The van der Waals surface area contributed by atoms with Gasteiger partial charge in [-0.3, -0.25) is 4.79 Å². The lowest BCUT2D eigenvalue weighted by molar-refractivity contribution is -0.137. The number of hydrogen-bond donors (Lipinski definition) is 2. The van der Waals surface area contributed by atoms with Gasteiger partial charge in [0.15, 0.2) is 0 Å². The molecule has 6 heteroatoms. The summed E-state index contributed by atoms with van der Waals surface area (Å²) < 4.78 is 37.7. The Kier molecular flexibility index (Phi) is 6.20. The zero-order chi connectivity index (χ0) is 16.0. The Bertz CT molecular complexity index is 472. The fraction of sp³-hybridized carbons (Fsp3) is 0.533. The lowest BCUT2D eigenvalue weighted by Crippen LogP contribution is -2.21. The second-order valence-corrected chi connectivity index (χ2v) is 5.38. The molecule has 1 rings (SSSR count). The quantitative estimate of drug-likeness (QED) is 0.840. The summed E-state index contributed by atoms with van der Waals surface area (Å²) in [7, 11) is 0. The van der Waals surface area contributed by atoms with Crippen LogP contribution in [0.3, 0.4) is 0 Å². The van der Waals surface area contributed by atoms with Crippen molar-refractivity contribution in [3.63, 3.8) is 0 Å². The predicted octanol–water partition coefficient (Wildman–Crippen LogP) is 3.80. The van der Waals surface area contributed by atoms with Crippen LogP contribution in [0.2, 0.25) is 0 Å². The highest BCUT2D eigenvalue weighted by molar-refractivity contribution is 5.92. The normalized spacial score (nSPS) is 14.6. The number of amides is 1. The van der Waals surface area contributed by atoms with E-state index in [-0.39, 0.29) is 23.6 Å². The van der Waals surface area contributed by atoms with E-state index in [0.29, 0.717) is 6.42 Å². The summed E-state index contributed by atoms with van der Waals surface area (Å²) in [5.74, 6) is -0.544. The molecule has 0 aliphatic heterocycles. The van der Waals surface area contributed by atoms with Crippen LogP contribution in [-0.4, -0.2) is 11.9 Å². The number of nitrogens with two attached hydrogens (primary N) is 1. The first-order valence-electron chi connectivity index (χ1n) is 6.94. The Balaban J connectivity index is 2.58. The van der Waals surface area contributed by atoms with Gasteiger partial charge in [-0.25, -0.2) is 0 Å². The van der Waals surface area contributed by atoms with Crippen molar-refractivity contribution in [3.05, 3.63) is 29.8 Å². The average molecular weight is 302 g/mol. The molecule has 1 amide bonds. The van der Waals surface area contributed by atoms with E-state index in [2.05, 4.69) is 5.32 Å². The van der Waals surface area contributed by atoms with E-state index in [9.17, 15) is 18.0 Å². The number of halogens is 3. The Morgan fingerprint density at radius 1 is 1.29 bits per heavy atom. The van der Waals surface area contributed by atoms with E-state index in [1.165, 1.54) is 12.1 Å². The number of carbonyl (C=O) groups excluding carboxylic acids is 1. The SMILES string of the molecule is CC(N)CCCC(C)C(=O)Nc1cccc(C(F)(F)F)c1. The van der Waals surface area contributed by atoms with Crippen LogP contribution < -0.4 is 11.1 Å². The molecule has 3 N–H and O–H groups in total. The molecule has 2 unspecified atom stereocenters. The molecule has 1 aromatic rings. The summed E-state index contributed by atoms with van der Waals surface area (Å²) >= 11 is 0. The average Bonchev–Trinajstić information content (AvgIpc) is 2.37. The molecule has 0 fully saturated rings. The van der Waals surface area contributed by atoms with Crippen molar-refractivity contribution in [2.24, 2.45) is 11.7 Å². The summed E-state index contributed by atoms with van der Waals surface area (Å²) in [6, 6.07) is 4.72. The molecule has 2 atom stereocenters. The number of benzene rings is 1. The van der Waals surface area contributed by atoms with Crippen LogP contribution in [-0.2, 0) is 11.0 Å². The first kappa shape index (κ1) is 17.5. The van der Waals surface area contributed by atoms with Gasteiger partial charge >= 0.3 is 6.18 Å². The lowest BCUT2D eigenvalue weighted by atomic mass is 10.0. The van der Waals surface area contributed by atoms with Crippen molar-refractivity contribution in [1.82, 2.24) is 0 Å². The molecule has 0 aliphatic carbocycles. The van der Waals surface area contributed by atoms with Gasteiger partial charge in [-0.05, 0) is 38.0 Å². The second-order valence-electron chi connectivity index (χ2n) is 5.38. The van der Waals surface area contributed by atoms with Crippen LogP contribution >= 0.6 is 0 Å². The van der Waals surface area contributed by atoms with Gasteiger partial charge in [-0.1, -0.05) is 19.4 Å². The Labute approximate surface area is 122 Å². The lowest BCUT2D eigenvalue weighted by Gasteiger charge is -2.14. The van der Waals surface area contributed by atoms with Gasteiger partial charge in [0.05, 0.1) is 5.56 Å². The highest BCUT2D eigenvalue weighted by Gasteiger charge is 2.30. The molecular weight excluding hydrogens is 281 g/mol. The molecule has 0 aliphatic rings. The molecule has 0 aromatic heterocycles. The number of anilines is 1. The minimum Gasteiger partial charge on any atom is -0.328 e. The highest BCUT2D eigenvalue weighted by atomic mass is 19.4. The summed E-state index contributed by atoms with van der Waals surface area (Å²) in [4.78, 5) is 11.9. The largest absolute Gasteiger partial charge is 0.416 e. The third-order valence-electron chi connectivity index (χ3n) is 3.20. The van der Waals surface area contributed by atoms with Crippen LogP contribution in [0.15, 0.2) is 24.3 Å². The van der Waals surface area contributed by atoms with E-state index in [1.807, 2.05) is 6.92 Å².